The molecule has 1 heterocycles. The molecule has 1 aromatic heterocycles. The van der Waals surface area contributed by atoms with Crippen molar-refractivity contribution in [2.45, 2.75) is 32.0 Å². The van der Waals surface area contributed by atoms with Crippen molar-refractivity contribution in [2.24, 2.45) is 5.73 Å². The molecule has 4 rings (SSSR count). The fourth-order valence-electron chi connectivity index (χ4n) is 3.59. The number of nitrogens with zero attached hydrogens (tertiary/aromatic N) is 1. The Balaban J connectivity index is 1.64. The van der Waals surface area contributed by atoms with E-state index in [-0.39, 0.29) is 27.8 Å². The number of carbonyl (C=O) groups is 2. The minimum absolute atomic E-state index is 0.0429. The number of alkyl halides is 3. The first kappa shape index (κ1) is 24.3. The highest BCUT2D eigenvalue weighted by atomic mass is 35.5. The molecule has 3 aromatic rings. The second-order valence-corrected chi connectivity index (χ2v) is 8.33. The van der Waals surface area contributed by atoms with Crippen molar-refractivity contribution in [2.75, 3.05) is 5.32 Å². The summed E-state index contributed by atoms with van der Waals surface area (Å²) in [6.07, 6.45) is -1.55. The van der Waals surface area contributed by atoms with Gasteiger partial charge in [-0.05, 0) is 67.1 Å². The fourth-order valence-corrected chi connectivity index (χ4v) is 3.80. The number of amides is 2. The van der Waals surface area contributed by atoms with Gasteiger partial charge in [-0.25, -0.2) is 4.98 Å². The number of benzene rings is 2. The van der Waals surface area contributed by atoms with Crippen molar-refractivity contribution < 1.29 is 32.2 Å². The third kappa shape index (κ3) is 5.83. The Hall–Kier alpha value is -3.79. The molecule has 7 nitrogen and oxygen atoms in total. The molecule has 0 spiro atoms. The quantitative estimate of drug-likeness (QED) is 0.412. The molecule has 1 aliphatic carbocycles. The molecule has 0 saturated heterocycles. The van der Waals surface area contributed by atoms with Crippen molar-refractivity contribution in [3.63, 3.8) is 0 Å². The average molecular weight is 506 g/mol. The third-order valence-electron chi connectivity index (χ3n) is 5.34. The van der Waals surface area contributed by atoms with Crippen molar-refractivity contribution in [1.29, 1.82) is 0 Å². The summed E-state index contributed by atoms with van der Waals surface area (Å²) >= 11 is 6.12. The Labute approximate surface area is 203 Å². The Morgan fingerprint density at radius 2 is 1.83 bits per heavy atom. The van der Waals surface area contributed by atoms with E-state index in [9.17, 15) is 22.8 Å². The molecule has 0 radical (unpaired) electrons. The fraction of sp³-hybridized carbons (Fsp3) is 0.208. The summed E-state index contributed by atoms with van der Waals surface area (Å²) in [6, 6.07) is 9.61. The van der Waals surface area contributed by atoms with Gasteiger partial charge in [-0.1, -0.05) is 17.7 Å². The number of hydrogen-bond donors (Lipinski definition) is 2. The molecule has 0 unspecified atom stereocenters. The number of halogens is 4. The van der Waals surface area contributed by atoms with Crippen LogP contribution in [0.1, 0.15) is 50.7 Å². The van der Waals surface area contributed by atoms with Gasteiger partial charge in [0.15, 0.2) is 0 Å². The SMILES string of the molecule is Cc1c(C2CC2)ccc(Oc2ccc(OC(F)(F)F)cc2Cl)c1C(=O)Nc1ccc(C(N)=O)nc1. The van der Waals surface area contributed by atoms with Crippen LogP contribution >= 0.6 is 11.6 Å². The van der Waals surface area contributed by atoms with Crippen LogP contribution in [0.4, 0.5) is 18.9 Å². The number of carbonyl (C=O) groups excluding carboxylic acids is 2. The number of rotatable bonds is 7. The number of hydrogen-bond acceptors (Lipinski definition) is 5. The maximum atomic E-state index is 13.3. The van der Waals surface area contributed by atoms with Crippen molar-refractivity contribution in [3.8, 4) is 17.2 Å². The summed E-state index contributed by atoms with van der Waals surface area (Å²) in [5.74, 6) is -1.15. The molecule has 1 aliphatic rings. The smallest absolute Gasteiger partial charge is 0.455 e. The van der Waals surface area contributed by atoms with Gasteiger partial charge in [0, 0.05) is 6.07 Å². The van der Waals surface area contributed by atoms with Crippen LogP contribution in [0.5, 0.6) is 17.2 Å². The molecule has 0 bridgehead atoms. The first-order chi connectivity index (χ1) is 16.5. The van der Waals surface area contributed by atoms with Crippen LogP contribution in [0, 0.1) is 6.92 Å². The normalized spacial score (nSPS) is 13.3. The molecule has 11 heteroatoms. The van der Waals surface area contributed by atoms with Gasteiger partial charge < -0.3 is 20.5 Å². The molecule has 3 N–H and O–H groups in total. The maximum Gasteiger partial charge on any atom is 0.573 e. The molecule has 1 saturated carbocycles. The van der Waals surface area contributed by atoms with E-state index in [0.29, 0.717) is 17.2 Å². The van der Waals surface area contributed by atoms with E-state index in [1.165, 1.54) is 24.4 Å². The van der Waals surface area contributed by atoms with E-state index in [0.717, 1.165) is 30.5 Å². The average Bonchev–Trinajstić information content (AvgIpc) is 3.60. The van der Waals surface area contributed by atoms with Crippen LogP contribution in [-0.4, -0.2) is 23.2 Å². The minimum atomic E-state index is -4.86. The van der Waals surface area contributed by atoms with E-state index >= 15 is 0 Å². The Morgan fingerprint density at radius 3 is 2.40 bits per heavy atom. The van der Waals surface area contributed by atoms with E-state index in [1.807, 2.05) is 6.07 Å². The lowest BCUT2D eigenvalue weighted by atomic mass is 9.97. The first-order valence-electron chi connectivity index (χ1n) is 10.5. The van der Waals surface area contributed by atoms with E-state index in [2.05, 4.69) is 15.0 Å². The van der Waals surface area contributed by atoms with E-state index in [1.54, 1.807) is 13.0 Å². The maximum absolute atomic E-state index is 13.3. The number of nitrogens with one attached hydrogen (secondary N) is 1. The predicted molar refractivity (Wildman–Crippen MR) is 122 cm³/mol. The van der Waals surface area contributed by atoms with Crippen LogP contribution < -0.4 is 20.5 Å². The lowest BCUT2D eigenvalue weighted by Gasteiger charge is -2.18. The lowest BCUT2D eigenvalue weighted by molar-refractivity contribution is -0.274. The van der Waals surface area contributed by atoms with Crippen LogP contribution in [-0.2, 0) is 0 Å². The highest BCUT2D eigenvalue weighted by molar-refractivity contribution is 6.32. The van der Waals surface area contributed by atoms with Crippen molar-refractivity contribution in [1.82, 2.24) is 4.98 Å². The minimum Gasteiger partial charge on any atom is -0.455 e. The van der Waals surface area contributed by atoms with Crippen LogP contribution in [0.15, 0.2) is 48.7 Å². The zero-order valence-corrected chi connectivity index (χ0v) is 19.0. The summed E-state index contributed by atoms with van der Waals surface area (Å²) in [7, 11) is 0. The number of primary amides is 1. The predicted octanol–water partition coefficient (Wildman–Crippen LogP) is 5.96. The van der Waals surface area contributed by atoms with Crippen LogP contribution in [0.2, 0.25) is 5.02 Å². The number of anilines is 1. The zero-order valence-electron chi connectivity index (χ0n) is 18.3. The second kappa shape index (κ2) is 9.46. The molecular formula is C24H19ClF3N3O4. The molecular weight excluding hydrogens is 487 g/mol. The van der Waals surface area contributed by atoms with Crippen LogP contribution in [0.25, 0.3) is 0 Å². The van der Waals surface area contributed by atoms with Crippen molar-refractivity contribution >= 4 is 29.1 Å². The van der Waals surface area contributed by atoms with E-state index < -0.39 is 23.9 Å². The number of nitrogens with two attached hydrogens (primary N) is 1. The monoisotopic (exact) mass is 505 g/mol. The molecule has 35 heavy (non-hydrogen) atoms. The topological polar surface area (TPSA) is 104 Å². The molecule has 182 valence electrons. The number of ether oxygens (including phenoxy) is 2. The standard InChI is InChI=1S/C24H19ClF3N3O4/c1-12-16(13-2-3-13)6-9-20(34-19-8-5-15(10-17(19)25)35-24(26,27)28)21(12)23(33)31-14-4-7-18(22(29)32)30-11-14/h4-11,13H,2-3H2,1H3,(H2,29,32)(H,31,33). The van der Waals surface area contributed by atoms with E-state index in [4.69, 9.17) is 22.1 Å². The molecule has 1 fully saturated rings. The van der Waals surface area contributed by atoms with Gasteiger partial charge in [0.05, 0.1) is 22.5 Å². The van der Waals surface area contributed by atoms with Crippen molar-refractivity contribution in [3.05, 3.63) is 76.1 Å². The lowest BCUT2D eigenvalue weighted by Crippen LogP contribution is -2.17. The molecule has 0 aliphatic heterocycles. The summed E-state index contributed by atoms with van der Waals surface area (Å²) in [5, 5.41) is 2.58. The Kier molecular flexibility index (Phi) is 6.58. The first-order valence-corrected chi connectivity index (χ1v) is 10.8. The van der Waals surface area contributed by atoms with Gasteiger partial charge in [0.2, 0.25) is 0 Å². The highest BCUT2D eigenvalue weighted by Gasteiger charge is 2.32. The summed E-state index contributed by atoms with van der Waals surface area (Å²) in [5.41, 5.74) is 7.51. The summed E-state index contributed by atoms with van der Waals surface area (Å²) < 4.78 is 47.2. The highest BCUT2D eigenvalue weighted by Crippen LogP contribution is 2.44. The number of aromatic nitrogens is 1. The van der Waals surface area contributed by atoms with Gasteiger partial charge in [-0.15, -0.1) is 13.2 Å². The van der Waals surface area contributed by atoms with Gasteiger partial charge >= 0.3 is 6.36 Å². The van der Waals surface area contributed by atoms with Crippen LogP contribution in [0.3, 0.4) is 0 Å². The van der Waals surface area contributed by atoms with Gasteiger partial charge in [0.1, 0.15) is 22.9 Å². The Bertz CT molecular complexity index is 1290. The van der Waals surface area contributed by atoms with Gasteiger partial charge in [-0.2, -0.15) is 0 Å². The molecule has 0 atom stereocenters. The molecule has 2 aromatic carbocycles. The third-order valence-corrected chi connectivity index (χ3v) is 5.64. The zero-order chi connectivity index (χ0) is 25.3. The van der Waals surface area contributed by atoms with Gasteiger partial charge in [-0.3, -0.25) is 9.59 Å². The number of pyridine rings is 1. The largest absolute Gasteiger partial charge is 0.573 e. The van der Waals surface area contributed by atoms with Gasteiger partial charge in [0.25, 0.3) is 11.8 Å². The summed E-state index contributed by atoms with van der Waals surface area (Å²) in [4.78, 5) is 28.4. The molecule has 2 amide bonds. The Morgan fingerprint density at radius 1 is 1.11 bits per heavy atom. The second-order valence-electron chi connectivity index (χ2n) is 7.92. The summed E-state index contributed by atoms with van der Waals surface area (Å²) in [6.45, 7) is 1.80.